The van der Waals surface area contributed by atoms with Crippen LogP contribution < -0.4 is 0 Å². The predicted octanol–water partition coefficient (Wildman–Crippen LogP) is 2.83. The summed E-state index contributed by atoms with van der Waals surface area (Å²) in [6, 6.07) is 16.0. The number of Topliss-reactive ketones (excluding diaryl/α,β-unsaturated/α-hetero) is 1. The summed E-state index contributed by atoms with van der Waals surface area (Å²) in [4.78, 5) is 28.8. The fraction of sp³-hybridized carbons (Fsp3) is 0.417. The molecule has 0 saturated carbocycles. The highest BCUT2D eigenvalue weighted by Gasteiger charge is 2.31. The standard InChI is InChI=1S/C24H30N2O3/c1-17-6-4-5-7-22(17)12-24(29)25-13-18(2)26(19(3)14-25)15-20-8-10-21(11-9-20)23(28)16-27/h4-11,18-19,27H,12-16H2,1-3H3/t18-,19+. The Bertz CT molecular complexity index is 851. The minimum atomic E-state index is -0.466. The number of hydrogen-bond acceptors (Lipinski definition) is 4. The van der Waals surface area contributed by atoms with Gasteiger partial charge >= 0.3 is 0 Å². The van der Waals surface area contributed by atoms with E-state index in [1.165, 1.54) is 0 Å². The smallest absolute Gasteiger partial charge is 0.227 e. The number of carbonyl (C=O) groups is 2. The first-order valence-corrected chi connectivity index (χ1v) is 10.2. The first-order valence-electron chi connectivity index (χ1n) is 10.2. The van der Waals surface area contributed by atoms with Crippen LogP contribution in [0.1, 0.15) is 40.9 Å². The number of aliphatic hydroxyl groups excluding tert-OH is 1. The summed E-state index contributed by atoms with van der Waals surface area (Å²) in [6.07, 6.45) is 0.451. The number of rotatable bonds is 6. The van der Waals surface area contributed by atoms with E-state index < -0.39 is 6.61 Å². The van der Waals surface area contributed by atoms with Gasteiger partial charge in [-0.2, -0.15) is 0 Å². The number of amides is 1. The van der Waals surface area contributed by atoms with E-state index in [2.05, 4.69) is 18.7 Å². The number of benzene rings is 2. The van der Waals surface area contributed by atoms with Crippen molar-refractivity contribution in [1.29, 1.82) is 0 Å². The van der Waals surface area contributed by atoms with Crippen LogP contribution in [0.4, 0.5) is 0 Å². The summed E-state index contributed by atoms with van der Waals surface area (Å²) < 4.78 is 0. The van der Waals surface area contributed by atoms with Crippen LogP contribution in [-0.4, -0.2) is 58.4 Å². The van der Waals surface area contributed by atoms with Crippen molar-refractivity contribution in [1.82, 2.24) is 9.80 Å². The van der Waals surface area contributed by atoms with Crippen molar-refractivity contribution >= 4 is 11.7 Å². The highest BCUT2D eigenvalue weighted by molar-refractivity contribution is 5.96. The Morgan fingerprint density at radius 1 is 1.00 bits per heavy atom. The van der Waals surface area contributed by atoms with Crippen molar-refractivity contribution in [2.45, 2.75) is 45.8 Å². The topological polar surface area (TPSA) is 60.9 Å². The molecule has 1 aliphatic heterocycles. The summed E-state index contributed by atoms with van der Waals surface area (Å²) in [6.45, 7) is 8.11. The number of aryl methyl sites for hydroxylation is 1. The molecule has 5 nitrogen and oxygen atoms in total. The van der Waals surface area contributed by atoms with Crippen LogP contribution in [0.3, 0.4) is 0 Å². The first kappa shape index (κ1) is 21.2. The Kier molecular flexibility index (Phi) is 6.83. The summed E-state index contributed by atoms with van der Waals surface area (Å²) >= 11 is 0. The molecule has 1 saturated heterocycles. The molecule has 1 N–H and O–H groups in total. The number of piperazine rings is 1. The second-order valence-electron chi connectivity index (χ2n) is 8.05. The molecular weight excluding hydrogens is 364 g/mol. The molecule has 0 radical (unpaired) electrons. The average molecular weight is 395 g/mol. The molecule has 5 heteroatoms. The molecule has 3 rings (SSSR count). The number of hydrogen-bond donors (Lipinski definition) is 1. The van der Waals surface area contributed by atoms with Crippen molar-refractivity contribution in [2.75, 3.05) is 19.7 Å². The first-order chi connectivity index (χ1) is 13.9. The monoisotopic (exact) mass is 394 g/mol. The second-order valence-corrected chi connectivity index (χ2v) is 8.05. The third-order valence-corrected chi connectivity index (χ3v) is 5.84. The van der Waals surface area contributed by atoms with Crippen LogP contribution in [0.25, 0.3) is 0 Å². The van der Waals surface area contributed by atoms with Crippen LogP contribution in [0.5, 0.6) is 0 Å². The summed E-state index contributed by atoms with van der Waals surface area (Å²) in [5.41, 5.74) is 3.91. The van der Waals surface area contributed by atoms with Crippen molar-refractivity contribution in [3.8, 4) is 0 Å². The zero-order chi connectivity index (χ0) is 21.0. The van der Waals surface area contributed by atoms with Crippen LogP contribution in [-0.2, 0) is 17.8 Å². The van der Waals surface area contributed by atoms with E-state index >= 15 is 0 Å². The van der Waals surface area contributed by atoms with Gasteiger partial charge in [0, 0.05) is 37.3 Å². The molecule has 29 heavy (non-hydrogen) atoms. The van der Waals surface area contributed by atoms with Crippen LogP contribution in [0.15, 0.2) is 48.5 Å². The number of carbonyl (C=O) groups excluding carboxylic acids is 2. The van der Waals surface area contributed by atoms with Gasteiger partial charge in [-0.3, -0.25) is 14.5 Å². The number of aliphatic hydroxyl groups is 1. The summed E-state index contributed by atoms with van der Waals surface area (Å²) in [5.74, 6) is -0.0800. The molecule has 0 bridgehead atoms. The van der Waals surface area contributed by atoms with Crippen molar-refractivity contribution in [3.63, 3.8) is 0 Å². The minimum Gasteiger partial charge on any atom is -0.388 e. The lowest BCUT2D eigenvalue weighted by atomic mass is 10.0. The van der Waals surface area contributed by atoms with Crippen LogP contribution in [0, 0.1) is 6.92 Å². The maximum atomic E-state index is 12.9. The van der Waals surface area contributed by atoms with Gasteiger partial charge in [0.15, 0.2) is 5.78 Å². The summed E-state index contributed by atoms with van der Waals surface area (Å²) in [7, 11) is 0. The van der Waals surface area contributed by atoms with E-state index in [1.807, 2.05) is 48.2 Å². The van der Waals surface area contributed by atoms with Gasteiger partial charge in [-0.05, 0) is 37.5 Å². The maximum absolute atomic E-state index is 12.9. The third-order valence-electron chi connectivity index (χ3n) is 5.84. The molecule has 1 aliphatic rings. The lowest BCUT2D eigenvalue weighted by molar-refractivity contribution is -0.135. The molecule has 2 atom stereocenters. The van der Waals surface area contributed by atoms with E-state index in [0.29, 0.717) is 12.0 Å². The van der Waals surface area contributed by atoms with E-state index in [0.717, 1.165) is 36.3 Å². The van der Waals surface area contributed by atoms with E-state index in [4.69, 9.17) is 5.11 Å². The molecule has 1 fully saturated rings. The molecule has 2 aromatic carbocycles. The SMILES string of the molecule is Cc1ccccc1CC(=O)N1C[C@@H](C)N(Cc2ccc(C(=O)CO)cc2)[C@@H](C)C1. The molecular formula is C24H30N2O3. The molecule has 2 aromatic rings. The van der Waals surface area contributed by atoms with Gasteiger partial charge in [-0.15, -0.1) is 0 Å². The van der Waals surface area contributed by atoms with E-state index in [-0.39, 0.29) is 23.8 Å². The van der Waals surface area contributed by atoms with Crippen molar-refractivity contribution in [2.24, 2.45) is 0 Å². The van der Waals surface area contributed by atoms with Gasteiger partial charge in [-0.1, -0.05) is 48.5 Å². The Labute approximate surface area is 172 Å². The van der Waals surface area contributed by atoms with Crippen molar-refractivity contribution < 1.29 is 14.7 Å². The fourth-order valence-electron chi connectivity index (χ4n) is 4.05. The molecule has 0 unspecified atom stereocenters. The fourth-order valence-corrected chi connectivity index (χ4v) is 4.05. The van der Waals surface area contributed by atoms with Gasteiger partial charge in [0.05, 0.1) is 6.42 Å². The van der Waals surface area contributed by atoms with Gasteiger partial charge in [0.25, 0.3) is 0 Å². The zero-order valence-corrected chi connectivity index (χ0v) is 17.5. The lowest BCUT2D eigenvalue weighted by Crippen LogP contribution is -2.57. The molecule has 0 spiro atoms. The second kappa shape index (κ2) is 9.33. The highest BCUT2D eigenvalue weighted by atomic mass is 16.3. The Balaban J connectivity index is 1.61. The van der Waals surface area contributed by atoms with E-state index in [9.17, 15) is 9.59 Å². The molecule has 0 aromatic heterocycles. The normalized spacial score (nSPS) is 19.9. The highest BCUT2D eigenvalue weighted by Crippen LogP contribution is 2.21. The average Bonchev–Trinajstić information content (AvgIpc) is 2.72. The predicted molar refractivity (Wildman–Crippen MR) is 114 cm³/mol. The van der Waals surface area contributed by atoms with Crippen LogP contribution in [0.2, 0.25) is 0 Å². The molecule has 154 valence electrons. The lowest BCUT2D eigenvalue weighted by Gasteiger charge is -2.44. The number of nitrogens with zero attached hydrogens (tertiary/aromatic N) is 2. The number of ketones is 1. The molecule has 1 amide bonds. The molecule has 1 heterocycles. The van der Waals surface area contributed by atoms with Crippen molar-refractivity contribution in [3.05, 3.63) is 70.8 Å². The Hall–Kier alpha value is -2.50. The maximum Gasteiger partial charge on any atom is 0.227 e. The largest absolute Gasteiger partial charge is 0.388 e. The minimum absolute atomic E-state index is 0.185. The van der Waals surface area contributed by atoms with Crippen LogP contribution >= 0.6 is 0 Å². The third kappa shape index (κ3) is 5.11. The van der Waals surface area contributed by atoms with Gasteiger partial charge in [0.1, 0.15) is 6.61 Å². The molecule has 0 aliphatic carbocycles. The van der Waals surface area contributed by atoms with Gasteiger partial charge in [0.2, 0.25) is 5.91 Å². The summed E-state index contributed by atoms with van der Waals surface area (Å²) in [5, 5.41) is 8.98. The van der Waals surface area contributed by atoms with Gasteiger partial charge < -0.3 is 10.0 Å². The Morgan fingerprint density at radius 3 is 2.21 bits per heavy atom. The zero-order valence-electron chi connectivity index (χ0n) is 17.5. The Morgan fingerprint density at radius 2 is 1.62 bits per heavy atom. The van der Waals surface area contributed by atoms with Gasteiger partial charge in [-0.25, -0.2) is 0 Å². The quantitative estimate of drug-likeness (QED) is 0.766. The van der Waals surface area contributed by atoms with E-state index in [1.54, 1.807) is 12.1 Å².